The minimum atomic E-state index is -0.326. The Kier molecular flexibility index (Phi) is 1.72. The van der Waals surface area contributed by atoms with Gasteiger partial charge in [0, 0.05) is 5.02 Å². The van der Waals surface area contributed by atoms with Gasteiger partial charge in [0.05, 0.1) is 0 Å². The van der Waals surface area contributed by atoms with Crippen LogP contribution in [0.2, 0.25) is 5.02 Å². The number of halogens is 2. The highest BCUT2D eigenvalue weighted by Crippen LogP contribution is 2.14. The Morgan fingerprint density at radius 3 is 2.56 bits per heavy atom. The van der Waals surface area contributed by atoms with Crippen molar-refractivity contribution in [2.24, 2.45) is 0 Å². The Balaban J connectivity index is 3.17. The lowest BCUT2D eigenvalue weighted by Crippen LogP contribution is -1.76. The molecule has 0 fully saturated rings. The van der Waals surface area contributed by atoms with E-state index in [0.29, 0.717) is 10.6 Å². The van der Waals surface area contributed by atoms with Crippen LogP contribution in [-0.2, 0) is 0 Å². The molecule has 0 aromatic heterocycles. The van der Waals surface area contributed by atoms with E-state index in [2.05, 4.69) is 6.92 Å². The van der Waals surface area contributed by atoms with E-state index in [4.69, 9.17) is 11.6 Å². The minimum absolute atomic E-state index is 0.326. The third-order valence-electron chi connectivity index (χ3n) is 1.02. The van der Waals surface area contributed by atoms with Crippen molar-refractivity contribution < 1.29 is 4.39 Å². The molecule has 2 heteroatoms. The molecule has 0 amide bonds. The standard InChI is InChI=1S/C7H5ClF/c1-5-2-3-6(9)4-7(5)8/h2-4H,1H2. The summed E-state index contributed by atoms with van der Waals surface area (Å²) >= 11 is 5.51. The van der Waals surface area contributed by atoms with Crippen LogP contribution in [0.15, 0.2) is 18.2 Å². The van der Waals surface area contributed by atoms with E-state index >= 15 is 0 Å². The summed E-state index contributed by atoms with van der Waals surface area (Å²) in [5, 5.41) is 0.370. The first-order valence-corrected chi connectivity index (χ1v) is 2.85. The highest BCUT2D eigenvalue weighted by molar-refractivity contribution is 6.31. The molecule has 0 aliphatic carbocycles. The summed E-state index contributed by atoms with van der Waals surface area (Å²) in [6.07, 6.45) is 0. The maximum absolute atomic E-state index is 12.2. The number of hydrogen-bond acceptors (Lipinski definition) is 0. The summed E-state index contributed by atoms with van der Waals surface area (Å²) in [5.74, 6) is -0.326. The van der Waals surface area contributed by atoms with Gasteiger partial charge in [0.25, 0.3) is 0 Å². The van der Waals surface area contributed by atoms with Crippen LogP contribution in [-0.4, -0.2) is 0 Å². The van der Waals surface area contributed by atoms with Gasteiger partial charge >= 0.3 is 0 Å². The molecule has 0 saturated heterocycles. The van der Waals surface area contributed by atoms with Crippen molar-refractivity contribution in [3.8, 4) is 0 Å². The van der Waals surface area contributed by atoms with E-state index in [9.17, 15) is 4.39 Å². The van der Waals surface area contributed by atoms with Gasteiger partial charge in [0.1, 0.15) is 5.82 Å². The monoisotopic (exact) mass is 143 g/mol. The van der Waals surface area contributed by atoms with Crippen LogP contribution in [0.5, 0.6) is 0 Å². The van der Waals surface area contributed by atoms with E-state index in [0.717, 1.165) is 0 Å². The molecule has 0 bridgehead atoms. The van der Waals surface area contributed by atoms with Crippen LogP contribution in [0.3, 0.4) is 0 Å². The zero-order valence-corrected chi connectivity index (χ0v) is 5.45. The van der Waals surface area contributed by atoms with E-state index in [1.165, 1.54) is 18.2 Å². The summed E-state index contributed by atoms with van der Waals surface area (Å²) in [4.78, 5) is 0. The molecule has 9 heavy (non-hydrogen) atoms. The summed E-state index contributed by atoms with van der Waals surface area (Å²) in [5.41, 5.74) is 0.651. The van der Waals surface area contributed by atoms with Gasteiger partial charge in [-0.2, -0.15) is 0 Å². The van der Waals surface area contributed by atoms with E-state index in [-0.39, 0.29) is 5.82 Å². The number of rotatable bonds is 0. The topological polar surface area (TPSA) is 0 Å². The Labute approximate surface area is 58.3 Å². The van der Waals surface area contributed by atoms with Crippen molar-refractivity contribution >= 4 is 11.6 Å². The second kappa shape index (κ2) is 2.36. The van der Waals surface area contributed by atoms with Crippen molar-refractivity contribution in [2.45, 2.75) is 0 Å². The Hall–Kier alpha value is -0.560. The first kappa shape index (κ1) is 6.56. The zero-order chi connectivity index (χ0) is 6.85. The largest absolute Gasteiger partial charge is 0.207 e. The van der Waals surface area contributed by atoms with Crippen LogP contribution < -0.4 is 0 Å². The summed E-state index contributed by atoms with van der Waals surface area (Å²) in [7, 11) is 0. The molecule has 1 aromatic rings. The smallest absolute Gasteiger partial charge is 0.124 e. The molecule has 0 N–H and O–H groups in total. The maximum Gasteiger partial charge on any atom is 0.124 e. The molecular weight excluding hydrogens is 139 g/mol. The van der Waals surface area contributed by atoms with Gasteiger partial charge in [-0.1, -0.05) is 17.7 Å². The number of benzene rings is 1. The van der Waals surface area contributed by atoms with Crippen LogP contribution in [0.25, 0.3) is 0 Å². The molecule has 0 aliphatic heterocycles. The zero-order valence-electron chi connectivity index (χ0n) is 4.70. The predicted octanol–water partition coefficient (Wildman–Crippen LogP) is 2.66. The Morgan fingerprint density at radius 2 is 2.11 bits per heavy atom. The fourth-order valence-corrected chi connectivity index (χ4v) is 0.689. The fraction of sp³-hybridized carbons (Fsp3) is 0. The molecule has 0 saturated carbocycles. The quantitative estimate of drug-likeness (QED) is 0.524. The molecule has 0 unspecified atom stereocenters. The third kappa shape index (κ3) is 1.42. The van der Waals surface area contributed by atoms with Crippen molar-refractivity contribution in [3.05, 3.63) is 41.5 Å². The van der Waals surface area contributed by atoms with Gasteiger partial charge < -0.3 is 0 Å². The summed E-state index contributed by atoms with van der Waals surface area (Å²) < 4.78 is 12.2. The van der Waals surface area contributed by atoms with Crippen molar-refractivity contribution in [1.29, 1.82) is 0 Å². The average molecular weight is 144 g/mol. The SMILES string of the molecule is [CH2]c1ccc(F)cc1Cl. The summed E-state index contributed by atoms with van der Waals surface area (Å²) in [6.45, 7) is 3.56. The highest BCUT2D eigenvalue weighted by atomic mass is 35.5. The lowest BCUT2D eigenvalue weighted by atomic mass is 10.2. The number of hydrogen-bond donors (Lipinski definition) is 0. The predicted molar refractivity (Wildman–Crippen MR) is 35.9 cm³/mol. The molecule has 1 rings (SSSR count). The molecule has 0 nitrogen and oxygen atoms in total. The first-order valence-electron chi connectivity index (χ1n) is 2.47. The van der Waals surface area contributed by atoms with Crippen LogP contribution >= 0.6 is 11.6 Å². The van der Waals surface area contributed by atoms with Gasteiger partial charge in [-0.3, -0.25) is 0 Å². The lowest BCUT2D eigenvalue weighted by Gasteiger charge is -1.93. The van der Waals surface area contributed by atoms with Gasteiger partial charge in [0.2, 0.25) is 0 Å². The van der Waals surface area contributed by atoms with Crippen molar-refractivity contribution in [3.63, 3.8) is 0 Å². The van der Waals surface area contributed by atoms with Gasteiger partial charge in [0.15, 0.2) is 0 Å². The lowest BCUT2D eigenvalue weighted by molar-refractivity contribution is 0.627. The maximum atomic E-state index is 12.2. The van der Waals surface area contributed by atoms with Crippen LogP contribution in [0, 0.1) is 12.7 Å². The molecule has 47 valence electrons. The normalized spacial score (nSPS) is 9.67. The van der Waals surface area contributed by atoms with E-state index in [1.54, 1.807) is 0 Å². The van der Waals surface area contributed by atoms with Gasteiger partial charge in [-0.05, 0) is 24.6 Å². The Bertz CT molecular complexity index is 220. The highest BCUT2D eigenvalue weighted by Gasteiger charge is 1.94. The summed E-state index contributed by atoms with van der Waals surface area (Å²) in [6, 6.07) is 4.11. The van der Waals surface area contributed by atoms with Crippen LogP contribution in [0.4, 0.5) is 4.39 Å². The second-order valence-electron chi connectivity index (χ2n) is 1.74. The second-order valence-corrected chi connectivity index (χ2v) is 2.14. The molecule has 0 atom stereocenters. The van der Waals surface area contributed by atoms with Gasteiger partial charge in [-0.25, -0.2) is 4.39 Å². The van der Waals surface area contributed by atoms with Gasteiger partial charge in [-0.15, -0.1) is 0 Å². The van der Waals surface area contributed by atoms with E-state index < -0.39 is 0 Å². The third-order valence-corrected chi connectivity index (χ3v) is 1.37. The van der Waals surface area contributed by atoms with Crippen molar-refractivity contribution in [2.75, 3.05) is 0 Å². The Morgan fingerprint density at radius 1 is 1.44 bits per heavy atom. The van der Waals surface area contributed by atoms with Crippen molar-refractivity contribution in [1.82, 2.24) is 0 Å². The minimum Gasteiger partial charge on any atom is -0.207 e. The first-order chi connectivity index (χ1) is 4.20. The van der Waals surface area contributed by atoms with Crippen LogP contribution in [0.1, 0.15) is 5.56 Å². The fourth-order valence-electron chi connectivity index (χ4n) is 0.522. The molecule has 0 aliphatic rings. The molecular formula is C7H5ClF. The van der Waals surface area contributed by atoms with E-state index in [1.807, 2.05) is 0 Å². The molecule has 1 aromatic carbocycles. The average Bonchev–Trinajstić information content (AvgIpc) is 1.80. The molecule has 1 radical (unpaired) electrons. The molecule has 0 spiro atoms. The molecule has 0 heterocycles.